The number of rotatable bonds is 2. The molecule has 21 heavy (non-hydrogen) atoms. The Morgan fingerprint density at radius 3 is 2.86 bits per heavy atom. The maximum Gasteiger partial charge on any atom is 0.199 e. The van der Waals surface area contributed by atoms with E-state index in [4.69, 9.17) is 10.3 Å². The van der Waals surface area contributed by atoms with Crippen molar-refractivity contribution in [2.24, 2.45) is 5.84 Å². The lowest BCUT2D eigenvalue weighted by molar-refractivity contribution is 0.626. The molecule has 3 aromatic heterocycles. The van der Waals surface area contributed by atoms with Gasteiger partial charge in [-0.15, -0.1) is 11.3 Å². The van der Waals surface area contributed by atoms with Crippen molar-refractivity contribution < 1.29 is 4.42 Å². The third-order valence-electron chi connectivity index (χ3n) is 3.30. The van der Waals surface area contributed by atoms with Crippen molar-refractivity contribution in [2.75, 3.05) is 5.43 Å². The minimum absolute atomic E-state index is 0.536. The first-order valence-corrected chi connectivity index (χ1v) is 7.30. The summed E-state index contributed by atoms with van der Waals surface area (Å²) in [6, 6.07) is 11.8. The Kier molecular flexibility index (Phi) is 2.66. The molecule has 5 nitrogen and oxygen atoms in total. The van der Waals surface area contributed by atoms with E-state index in [1.54, 1.807) is 11.3 Å². The number of nitrogens with one attached hydrogen (secondary N) is 1. The van der Waals surface area contributed by atoms with Gasteiger partial charge in [0, 0.05) is 10.3 Å². The molecule has 3 N–H and O–H groups in total. The molecule has 0 fully saturated rings. The van der Waals surface area contributed by atoms with E-state index in [0.29, 0.717) is 17.4 Å². The second-order valence-electron chi connectivity index (χ2n) is 4.76. The van der Waals surface area contributed by atoms with E-state index in [2.05, 4.69) is 15.4 Å². The molecule has 0 saturated carbocycles. The summed E-state index contributed by atoms with van der Waals surface area (Å²) in [4.78, 5) is 11.1. The quantitative estimate of drug-likeness (QED) is 0.435. The number of nitrogens with two attached hydrogens (primary N) is 1. The lowest BCUT2D eigenvalue weighted by Gasteiger charge is -2.02. The van der Waals surface area contributed by atoms with Crippen LogP contribution in [-0.2, 0) is 0 Å². The van der Waals surface area contributed by atoms with Crippen LogP contribution in [0.5, 0.6) is 0 Å². The summed E-state index contributed by atoms with van der Waals surface area (Å²) >= 11 is 1.61. The molecule has 104 valence electrons. The number of benzene rings is 1. The van der Waals surface area contributed by atoms with Gasteiger partial charge in [-0.2, -0.15) is 0 Å². The SMILES string of the molecule is Cc1cc2c(NN)nc(-c3cc4ccccc4o3)nc2s1. The monoisotopic (exact) mass is 296 g/mol. The number of hydrogen-bond donors (Lipinski definition) is 2. The van der Waals surface area contributed by atoms with E-state index in [0.717, 1.165) is 26.1 Å². The van der Waals surface area contributed by atoms with Crippen molar-refractivity contribution in [3.63, 3.8) is 0 Å². The summed E-state index contributed by atoms with van der Waals surface area (Å²) < 4.78 is 5.82. The fourth-order valence-corrected chi connectivity index (χ4v) is 3.23. The Labute approximate surface area is 124 Å². The van der Waals surface area contributed by atoms with Crippen molar-refractivity contribution >= 4 is 38.3 Å². The van der Waals surface area contributed by atoms with E-state index in [1.807, 2.05) is 43.3 Å². The van der Waals surface area contributed by atoms with Crippen molar-refractivity contribution in [3.05, 3.63) is 41.3 Å². The molecule has 1 aromatic carbocycles. The normalized spacial score (nSPS) is 11.3. The molecule has 0 aliphatic heterocycles. The number of thiophene rings is 1. The maximum atomic E-state index is 5.82. The van der Waals surface area contributed by atoms with Crippen LogP contribution >= 0.6 is 11.3 Å². The molecule has 0 amide bonds. The number of aryl methyl sites for hydroxylation is 1. The van der Waals surface area contributed by atoms with E-state index in [9.17, 15) is 0 Å². The number of furan rings is 1. The van der Waals surface area contributed by atoms with Crippen LogP contribution in [0.25, 0.3) is 32.8 Å². The van der Waals surface area contributed by atoms with E-state index >= 15 is 0 Å². The average Bonchev–Trinajstić information content (AvgIpc) is 3.07. The third-order valence-corrected chi connectivity index (χ3v) is 4.24. The van der Waals surface area contributed by atoms with Gasteiger partial charge in [-0.05, 0) is 25.1 Å². The summed E-state index contributed by atoms with van der Waals surface area (Å²) in [5, 5.41) is 1.96. The van der Waals surface area contributed by atoms with Crippen molar-refractivity contribution in [2.45, 2.75) is 6.92 Å². The van der Waals surface area contributed by atoms with Gasteiger partial charge in [0.1, 0.15) is 10.4 Å². The summed E-state index contributed by atoms with van der Waals surface area (Å²) in [6.07, 6.45) is 0. The minimum atomic E-state index is 0.536. The third kappa shape index (κ3) is 1.96. The molecule has 0 spiro atoms. The Balaban J connectivity index is 1.96. The number of hydrazine groups is 1. The second-order valence-corrected chi connectivity index (χ2v) is 6.00. The molecule has 0 saturated heterocycles. The Morgan fingerprint density at radius 2 is 2.05 bits per heavy atom. The van der Waals surface area contributed by atoms with Crippen LogP contribution in [0.15, 0.2) is 40.8 Å². The molecule has 0 aliphatic carbocycles. The molecular weight excluding hydrogens is 284 g/mol. The van der Waals surface area contributed by atoms with Crippen LogP contribution in [0.1, 0.15) is 4.88 Å². The molecule has 4 rings (SSSR count). The minimum Gasteiger partial charge on any atom is -0.453 e. The summed E-state index contributed by atoms with van der Waals surface area (Å²) in [6.45, 7) is 2.04. The molecule has 0 unspecified atom stereocenters. The number of fused-ring (bicyclic) bond motifs is 2. The van der Waals surface area contributed by atoms with E-state index < -0.39 is 0 Å². The Bertz CT molecular complexity index is 924. The summed E-state index contributed by atoms with van der Waals surface area (Å²) in [5.74, 6) is 7.37. The highest BCUT2D eigenvalue weighted by Gasteiger charge is 2.14. The van der Waals surface area contributed by atoms with Crippen molar-refractivity contribution in [1.29, 1.82) is 0 Å². The van der Waals surface area contributed by atoms with Crippen LogP contribution in [-0.4, -0.2) is 9.97 Å². The molecule has 0 aliphatic rings. The highest BCUT2D eigenvalue weighted by atomic mass is 32.1. The standard InChI is InChI=1S/C15H12N4OS/c1-8-6-10-13(19-16)17-14(18-15(10)21-8)12-7-9-4-2-3-5-11(9)20-12/h2-7H,16H2,1H3,(H,17,18,19). The van der Waals surface area contributed by atoms with Gasteiger partial charge in [-0.25, -0.2) is 15.8 Å². The zero-order valence-electron chi connectivity index (χ0n) is 11.3. The van der Waals surface area contributed by atoms with Gasteiger partial charge in [0.25, 0.3) is 0 Å². The highest BCUT2D eigenvalue weighted by molar-refractivity contribution is 7.18. The van der Waals surface area contributed by atoms with Crippen LogP contribution in [0.4, 0.5) is 5.82 Å². The Hall–Kier alpha value is -2.44. The first-order valence-electron chi connectivity index (χ1n) is 6.48. The van der Waals surface area contributed by atoms with Crippen molar-refractivity contribution in [1.82, 2.24) is 9.97 Å². The fourth-order valence-electron chi connectivity index (χ4n) is 2.35. The van der Waals surface area contributed by atoms with Crippen LogP contribution in [0.2, 0.25) is 0 Å². The molecular formula is C15H12N4OS. The fraction of sp³-hybridized carbons (Fsp3) is 0.0667. The van der Waals surface area contributed by atoms with Gasteiger partial charge in [0.2, 0.25) is 0 Å². The number of anilines is 1. The number of hydrogen-bond acceptors (Lipinski definition) is 6. The van der Waals surface area contributed by atoms with Crippen LogP contribution in [0.3, 0.4) is 0 Å². The van der Waals surface area contributed by atoms with Crippen LogP contribution in [0, 0.1) is 6.92 Å². The second kappa shape index (κ2) is 4.54. The lowest BCUT2D eigenvalue weighted by atomic mass is 10.2. The number of nitrogens with zero attached hydrogens (tertiary/aromatic N) is 2. The Morgan fingerprint density at radius 1 is 1.19 bits per heavy atom. The van der Waals surface area contributed by atoms with Gasteiger partial charge in [-0.3, -0.25) is 0 Å². The summed E-state index contributed by atoms with van der Waals surface area (Å²) in [5.41, 5.74) is 3.46. The van der Waals surface area contributed by atoms with Gasteiger partial charge < -0.3 is 9.84 Å². The first-order chi connectivity index (χ1) is 10.2. The number of aromatic nitrogens is 2. The summed E-state index contributed by atoms with van der Waals surface area (Å²) in [7, 11) is 0. The molecule has 3 heterocycles. The molecule has 4 aromatic rings. The zero-order chi connectivity index (χ0) is 14.4. The molecule has 6 heteroatoms. The van der Waals surface area contributed by atoms with E-state index in [-0.39, 0.29) is 0 Å². The smallest absolute Gasteiger partial charge is 0.199 e. The van der Waals surface area contributed by atoms with Gasteiger partial charge in [-0.1, -0.05) is 18.2 Å². The molecule has 0 radical (unpaired) electrons. The number of para-hydroxylation sites is 1. The predicted molar refractivity (Wildman–Crippen MR) is 85.2 cm³/mol. The lowest BCUT2D eigenvalue weighted by Crippen LogP contribution is -2.09. The predicted octanol–water partition coefficient (Wildman–Crippen LogP) is 3.70. The van der Waals surface area contributed by atoms with Gasteiger partial charge >= 0.3 is 0 Å². The average molecular weight is 296 g/mol. The maximum absolute atomic E-state index is 5.82. The first kappa shape index (κ1) is 12.3. The van der Waals surface area contributed by atoms with Crippen molar-refractivity contribution in [3.8, 4) is 11.6 Å². The van der Waals surface area contributed by atoms with Crippen LogP contribution < -0.4 is 11.3 Å². The van der Waals surface area contributed by atoms with E-state index in [1.165, 1.54) is 0 Å². The topological polar surface area (TPSA) is 77.0 Å². The zero-order valence-corrected chi connectivity index (χ0v) is 12.1. The number of nitrogen functional groups attached to an aromatic ring is 1. The molecule has 0 atom stereocenters. The molecule has 0 bridgehead atoms. The van der Waals surface area contributed by atoms with Gasteiger partial charge in [0.15, 0.2) is 17.4 Å². The van der Waals surface area contributed by atoms with Gasteiger partial charge in [0.05, 0.1) is 5.39 Å². The largest absolute Gasteiger partial charge is 0.453 e. The highest BCUT2D eigenvalue weighted by Crippen LogP contribution is 2.32.